The number of nitrogens with one attached hydrogen (secondary N) is 1. The number of benzene rings is 2. The van der Waals surface area contributed by atoms with E-state index in [2.05, 4.69) is 38.0 Å². The number of anilines is 1. The van der Waals surface area contributed by atoms with E-state index in [9.17, 15) is 4.79 Å². The summed E-state index contributed by atoms with van der Waals surface area (Å²) < 4.78 is 24.1. The summed E-state index contributed by atoms with van der Waals surface area (Å²) in [6.45, 7) is 5.33. The number of ether oxygens (including phenoxy) is 4. The number of amides is 1. The van der Waals surface area contributed by atoms with Gasteiger partial charge in [0.05, 0.1) is 45.0 Å². The summed E-state index contributed by atoms with van der Waals surface area (Å²) in [6, 6.07) is 18.1. The molecule has 258 valence electrons. The van der Waals surface area contributed by atoms with Gasteiger partial charge in [0.1, 0.15) is 6.61 Å². The minimum atomic E-state index is -0.174. The lowest BCUT2D eigenvalue weighted by Gasteiger charge is -2.36. The van der Waals surface area contributed by atoms with Crippen molar-refractivity contribution < 1.29 is 23.7 Å². The lowest BCUT2D eigenvalue weighted by atomic mass is 9.77. The number of methoxy groups -OCH3 is 3. The number of piperidine rings is 1. The van der Waals surface area contributed by atoms with Crippen molar-refractivity contribution in [1.82, 2.24) is 24.3 Å². The maximum atomic E-state index is 13.9. The summed E-state index contributed by atoms with van der Waals surface area (Å²) in [5.41, 5.74) is 3.55. The van der Waals surface area contributed by atoms with Crippen LogP contribution in [0, 0.1) is 11.3 Å². The van der Waals surface area contributed by atoms with E-state index >= 15 is 0 Å². The fourth-order valence-electron chi connectivity index (χ4n) is 7.26. The number of imidazole rings is 1. The van der Waals surface area contributed by atoms with E-state index < -0.39 is 0 Å². The molecule has 12 heteroatoms. The molecule has 1 N–H and O–H groups in total. The number of nitrogens with zero attached hydrogens (tertiary/aromatic N) is 6. The molecule has 2 aliphatic heterocycles. The smallest absolute Gasteiger partial charge is 0.254 e. The van der Waals surface area contributed by atoms with Gasteiger partial charge in [-0.3, -0.25) is 9.78 Å². The molecule has 0 aliphatic carbocycles. The lowest BCUT2D eigenvalue weighted by molar-refractivity contribution is 0.0779. The van der Waals surface area contributed by atoms with Crippen LogP contribution in [0.3, 0.4) is 0 Å². The van der Waals surface area contributed by atoms with Crippen molar-refractivity contribution >= 4 is 22.9 Å². The summed E-state index contributed by atoms with van der Waals surface area (Å²) in [7, 11) is 4.67. The van der Waals surface area contributed by atoms with E-state index in [4.69, 9.17) is 29.2 Å². The van der Waals surface area contributed by atoms with Crippen LogP contribution in [0.1, 0.15) is 41.6 Å². The van der Waals surface area contributed by atoms with Crippen molar-refractivity contribution in [1.29, 1.82) is 5.26 Å². The molecular formula is C37H45N7O5. The molecule has 2 aliphatic rings. The van der Waals surface area contributed by atoms with E-state index in [-0.39, 0.29) is 17.9 Å². The van der Waals surface area contributed by atoms with Crippen LogP contribution in [0.5, 0.6) is 17.2 Å². The molecule has 0 spiro atoms. The Labute approximate surface area is 287 Å². The third kappa shape index (κ3) is 7.43. The minimum Gasteiger partial charge on any atom is -0.493 e. The second-order valence-electron chi connectivity index (χ2n) is 12.7. The average Bonchev–Trinajstić information content (AvgIpc) is 3.74. The van der Waals surface area contributed by atoms with E-state index in [1.807, 2.05) is 41.6 Å². The monoisotopic (exact) mass is 667 g/mol. The quantitative estimate of drug-likeness (QED) is 0.188. The maximum Gasteiger partial charge on any atom is 0.254 e. The standard InChI is InChI=1S/C37H45N7O5/c1-46-32-24-27(25-33(47-2)34(32)48-3)35(45)43-20-13-37(26-43,28-8-15-39-16-9-28)12-19-42-17-10-29(11-18-42)40-36-41-30-6-4-5-7-31(30)44(36)21-23-49-22-14-38/h4-9,15-16,24-25,29H,10-13,17-23,26H2,1-3H3,(H,40,41). The molecule has 0 radical (unpaired) electrons. The van der Waals surface area contributed by atoms with Gasteiger partial charge in [0, 0.05) is 62.1 Å². The third-order valence-electron chi connectivity index (χ3n) is 9.95. The Morgan fingerprint density at radius 3 is 2.43 bits per heavy atom. The molecule has 12 nitrogen and oxygen atoms in total. The number of para-hydroxylation sites is 2. The van der Waals surface area contributed by atoms with E-state index in [0.717, 1.165) is 62.3 Å². The van der Waals surface area contributed by atoms with Crippen molar-refractivity contribution in [2.75, 3.05) is 72.6 Å². The summed E-state index contributed by atoms with van der Waals surface area (Å²) in [4.78, 5) is 27.5. The van der Waals surface area contributed by atoms with Crippen molar-refractivity contribution in [3.05, 3.63) is 72.1 Å². The molecule has 2 saturated heterocycles. The molecular weight excluding hydrogens is 622 g/mol. The van der Waals surface area contributed by atoms with Gasteiger partial charge in [-0.2, -0.15) is 5.26 Å². The van der Waals surface area contributed by atoms with Gasteiger partial charge in [0.25, 0.3) is 5.91 Å². The fourth-order valence-corrected chi connectivity index (χ4v) is 7.26. The maximum absolute atomic E-state index is 13.9. The zero-order valence-corrected chi connectivity index (χ0v) is 28.6. The molecule has 4 aromatic rings. The highest BCUT2D eigenvalue weighted by Gasteiger charge is 2.42. The summed E-state index contributed by atoms with van der Waals surface area (Å²) in [5.74, 6) is 2.19. The molecule has 1 unspecified atom stereocenters. The van der Waals surface area contributed by atoms with Gasteiger partial charge >= 0.3 is 0 Å². The van der Waals surface area contributed by atoms with Crippen molar-refractivity contribution in [2.24, 2.45) is 0 Å². The van der Waals surface area contributed by atoms with Crippen molar-refractivity contribution in [3.63, 3.8) is 0 Å². The summed E-state index contributed by atoms with van der Waals surface area (Å²) in [6.07, 6.45) is 7.51. The van der Waals surface area contributed by atoms with Gasteiger partial charge in [-0.25, -0.2) is 4.98 Å². The van der Waals surface area contributed by atoms with Gasteiger partial charge in [-0.1, -0.05) is 12.1 Å². The van der Waals surface area contributed by atoms with Gasteiger partial charge in [0.2, 0.25) is 11.7 Å². The van der Waals surface area contributed by atoms with Gasteiger partial charge in [-0.05, 0) is 74.2 Å². The van der Waals surface area contributed by atoms with Crippen LogP contribution in [-0.2, 0) is 16.7 Å². The Balaban J connectivity index is 1.10. The van der Waals surface area contributed by atoms with Gasteiger partial charge < -0.3 is 38.6 Å². The molecule has 2 aromatic heterocycles. The lowest BCUT2D eigenvalue weighted by Crippen LogP contribution is -2.42. The predicted octanol–water partition coefficient (Wildman–Crippen LogP) is 4.75. The van der Waals surface area contributed by atoms with Gasteiger partial charge in [0.15, 0.2) is 11.5 Å². The zero-order chi connectivity index (χ0) is 34.2. The molecule has 2 aromatic carbocycles. The zero-order valence-electron chi connectivity index (χ0n) is 28.6. The fraction of sp³-hybridized carbons (Fsp3) is 0.459. The van der Waals surface area contributed by atoms with Crippen LogP contribution >= 0.6 is 0 Å². The highest BCUT2D eigenvalue weighted by atomic mass is 16.5. The third-order valence-corrected chi connectivity index (χ3v) is 9.95. The first-order chi connectivity index (χ1) is 24.0. The van der Waals surface area contributed by atoms with E-state index in [0.29, 0.717) is 55.1 Å². The number of hydrogen-bond acceptors (Lipinski definition) is 10. The molecule has 4 heterocycles. The van der Waals surface area contributed by atoms with Crippen molar-refractivity contribution in [2.45, 2.75) is 43.7 Å². The Kier molecular flexibility index (Phi) is 10.8. The number of aromatic nitrogens is 3. The number of pyridine rings is 1. The largest absolute Gasteiger partial charge is 0.493 e. The number of hydrogen-bond donors (Lipinski definition) is 1. The minimum absolute atomic E-state index is 0.0512. The Hall–Kier alpha value is -4.86. The van der Waals surface area contributed by atoms with Gasteiger partial charge in [-0.15, -0.1) is 0 Å². The summed E-state index contributed by atoms with van der Waals surface area (Å²) in [5, 5.41) is 12.6. The molecule has 1 atom stereocenters. The first-order valence-electron chi connectivity index (χ1n) is 16.9. The van der Waals surface area contributed by atoms with E-state index in [1.165, 1.54) is 5.56 Å². The number of fused-ring (bicyclic) bond motifs is 1. The number of rotatable bonds is 14. The van der Waals surface area contributed by atoms with Crippen LogP contribution in [-0.4, -0.2) is 104 Å². The van der Waals surface area contributed by atoms with Crippen LogP contribution in [0.2, 0.25) is 0 Å². The average molecular weight is 668 g/mol. The molecule has 6 rings (SSSR count). The normalized spacial score (nSPS) is 18.4. The van der Waals surface area contributed by atoms with Crippen LogP contribution < -0.4 is 19.5 Å². The van der Waals surface area contributed by atoms with Crippen LogP contribution in [0.4, 0.5) is 5.95 Å². The molecule has 49 heavy (non-hydrogen) atoms. The van der Waals surface area contributed by atoms with Crippen molar-refractivity contribution in [3.8, 4) is 23.3 Å². The highest BCUT2D eigenvalue weighted by molar-refractivity contribution is 5.96. The topological polar surface area (TPSA) is 127 Å². The SMILES string of the molecule is COc1cc(C(=O)N2CCC(CCN3CCC(Nc4nc5ccccc5n4CCOCC#N)CC3)(c3ccncc3)C2)cc(OC)c1OC. The Morgan fingerprint density at radius 1 is 1.00 bits per heavy atom. The van der Waals surface area contributed by atoms with Crippen LogP contribution in [0.15, 0.2) is 60.9 Å². The molecule has 1 amide bonds. The molecule has 0 saturated carbocycles. The Bertz CT molecular complexity index is 1740. The number of likely N-dealkylation sites (tertiary alicyclic amines) is 2. The number of carbonyl (C=O) groups excluding carboxylic acids is 1. The second-order valence-corrected chi connectivity index (χ2v) is 12.7. The first kappa shape index (κ1) is 34.0. The Morgan fingerprint density at radius 2 is 1.73 bits per heavy atom. The van der Waals surface area contributed by atoms with E-state index in [1.54, 1.807) is 33.5 Å². The second kappa shape index (κ2) is 15.6. The first-order valence-corrected chi connectivity index (χ1v) is 16.9. The number of nitriles is 1. The highest BCUT2D eigenvalue weighted by Crippen LogP contribution is 2.41. The van der Waals surface area contributed by atoms with Crippen LogP contribution in [0.25, 0.3) is 11.0 Å². The molecule has 0 bridgehead atoms. The number of carbonyl (C=O) groups is 1. The summed E-state index contributed by atoms with van der Waals surface area (Å²) >= 11 is 0. The predicted molar refractivity (Wildman–Crippen MR) is 186 cm³/mol. The molecule has 2 fully saturated rings.